The summed E-state index contributed by atoms with van der Waals surface area (Å²) in [6.45, 7) is 6.58. The number of imidazole rings is 1. The van der Waals surface area contributed by atoms with Gasteiger partial charge in [-0.2, -0.15) is 0 Å². The van der Waals surface area contributed by atoms with Crippen LogP contribution >= 0.6 is 0 Å². The van der Waals surface area contributed by atoms with Crippen LogP contribution in [0.3, 0.4) is 0 Å². The monoisotopic (exact) mass is 258 g/mol. The number of ether oxygens (including phenoxy) is 1. The molecular weight excluding hydrogens is 240 g/mol. The molecule has 0 bridgehead atoms. The Kier molecular flexibility index (Phi) is 4.00. The normalized spacial score (nSPS) is 12.2. The van der Waals surface area contributed by atoms with Crippen molar-refractivity contribution >= 4 is 6.29 Å². The summed E-state index contributed by atoms with van der Waals surface area (Å²) < 4.78 is 7.73. The molecule has 0 saturated heterocycles. The molecule has 0 fully saturated rings. The summed E-state index contributed by atoms with van der Waals surface area (Å²) in [5.74, 6) is 1.94. The summed E-state index contributed by atoms with van der Waals surface area (Å²) in [5, 5.41) is 0. The summed E-state index contributed by atoms with van der Waals surface area (Å²) in [6.07, 6.45) is 2.56. The van der Waals surface area contributed by atoms with Gasteiger partial charge in [0.1, 0.15) is 17.9 Å². The molecule has 2 rings (SSSR count). The van der Waals surface area contributed by atoms with Gasteiger partial charge in [0.15, 0.2) is 0 Å². The van der Waals surface area contributed by atoms with Crippen molar-refractivity contribution in [2.75, 3.05) is 0 Å². The van der Waals surface area contributed by atoms with E-state index in [1.165, 1.54) is 5.56 Å². The third-order valence-electron chi connectivity index (χ3n) is 3.02. The fourth-order valence-corrected chi connectivity index (χ4v) is 1.92. The first-order chi connectivity index (χ1) is 9.15. The van der Waals surface area contributed by atoms with Gasteiger partial charge in [0.2, 0.25) is 5.88 Å². The zero-order valence-electron chi connectivity index (χ0n) is 11.5. The zero-order chi connectivity index (χ0) is 13.8. The highest BCUT2D eigenvalue weighted by molar-refractivity contribution is 5.59. The molecule has 1 atom stereocenters. The van der Waals surface area contributed by atoms with Crippen LogP contribution in [0.25, 0.3) is 0 Å². The quantitative estimate of drug-likeness (QED) is 0.773. The van der Waals surface area contributed by atoms with Crippen LogP contribution in [0, 0.1) is 6.92 Å². The summed E-state index contributed by atoms with van der Waals surface area (Å²) in [4.78, 5) is 15.2. The van der Waals surface area contributed by atoms with Gasteiger partial charge in [0, 0.05) is 6.54 Å². The van der Waals surface area contributed by atoms with Crippen molar-refractivity contribution in [3.05, 3.63) is 41.9 Å². The Morgan fingerprint density at radius 1 is 1.37 bits per heavy atom. The Morgan fingerprint density at radius 2 is 2.05 bits per heavy atom. The number of nitrogens with zero attached hydrogens (tertiary/aromatic N) is 2. The number of carbonyl (C=O) groups excluding carboxylic acids is 1. The van der Waals surface area contributed by atoms with Gasteiger partial charge in [-0.1, -0.05) is 17.7 Å². The summed E-state index contributed by atoms with van der Waals surface area (Å²) in [6, 6.07) is 7.84. The molecule has 4 heteroatoms. The van der Waals surface area contributed by atoms with Crippen LogP contribution in [0.5, 0.6) is 11.6 Å². The molecule has 0 N–H and O–H groups in total. The van der Waals surface area contributed by atoms with Crippen molar-refractivity contribution in [3.63, 3.8) is 0 Å². The molecule has 0 radical (unpaired) electrons. The largest absolute Gasteiger partial charge is 0.439 e. The number of carbonyl (C=O) groups is 1. The maximum Gasteiger partial charge on any atom is 0.219 e. The van der Waals surface area contributed by atoms with Crippen molar-refractivity contribution < 1.29 is 9.53 Å². The lowest BCUT2D eigenvalue weighted by atomic mass is 10.2. The van der Waals surface area contributed by atoms with Crippen LogP contribution < -0.4 is 4.74 Å². The van der Waals surface area contributed by atoms with Crippen molar-refractivity contribution in [3.8, 4) is 11.6 Å². The van der Waals surface area contributed by atoms with Gasteiger partial charge in [0.05, 0.1) is 12.1 Å². The molecule has 0 amide bonds. The number of aldehydes is 1. The molecule has 1 heterocycles. The van der Waals surface area contributed by atoms with E-state index in [0.29, 0.717) is 12.4 Å². The second kappa shape index (κ2) is 5.69. The van der Waals surface area contributed by atoms with E-state index in [4.69, 9.17) is 4.74 Å². The smallest absolute Gasteiger partial charge is 0.219 e. The molecule has 0 aliphatic carbocycles. The first-order valence-electron chi connectivity index (χ1n) is 6.41. The standard InChI is InChI=1S/C15H18N2O2/c1-4-17-14(9-16-15(17)12(3)10-18)19-13-7-5-11(2)6-8-13/h5-10,12H,4H2,1-3H3. The van der Waals surface area contributed by atoms with Crippen LogP contribution in [0.1, 0.15) is 31.2 Å². The highest BCUT2D eigenvalue weighted by Crippen LogP contribution is 2.25. The first kappa shape index (κ1) is 13.3. The number of rotatable bonds is 5. The van der Waals surface area contributed by atoms with Crippen LogP contribution in [-0.2, 0) is 11.3 Å². The fraction of sp³-hybridized carbons (Fsp3) is 0.333. The highest BCUT2D eigenvalue weighted by atomic mass is 16.5. The number of aryl methyl sites for hydroxylation is 1. The molecule has 0 saturated carbocycles. The fourth-order valence-electron chi connectivity index (χ4n) is 1.92. The van der Waals surface area contributed by atoms with Gasteiger partial charge in [-0.3, -0.25) is 4.57 Å². The lowest BCUT2D eigenvalue weighted by molar-refractivity contribution is -0.108. The third kappa shape index (κ3) is 2.84. The van der Waals surface area contributed by atoms with E-state index < -0.39 is 0 Å². The molecule has 0 aliphatic heterocycles. The Labute approximate surface area is 113 Å². The van der Waals surface area contributed by atoms with Crippen molar-refractivity contribution in [1.82, 2.24) is 9.55 Å². The van der Waals surface area contributed by atoms with Gasteiger partial charge in [-0.05, 0) is 32.9 Å². The molecule has 1 aromatic heterocycles. The number of hydrogen-bond acceptors (Lipinski definition) is 3. The van der Waals surface area contributed by atoms with Gasteiger partial charge in [-0.15, -0.1) is 0 Å². The zero-order valence-corrected chi connectivity index (χ0v) is 11.5. The van der Waals surface area contributed by atoms with Crippen LogP contribution in [0.4, 0.5) is 0 Å². The molecular formula is C15H18N2O2. The number of hydrogen-bond donors (Lipinski definition) is 0. The Balaban J connectivity index is 2.27. The summed E-state index contributed by atoms with van der Waals surface area (Å²) >= 11 is 0. The SMILES string of the molecule is CCn1c(Oc2ccc(C)cc2)cnc1C(C)C=O. The lowest BCUT2D eigenvalue weighted by Crippen LogP contribution is -2.07. The minimum Gasteiger partial charge on any atom is -0.439 e. The van der Waals surface area contributed by atoms with E-state index in [1.54, 1.807) is 6.20 Å². The van der Waals surface area contributed by atoms with E-state index in [0.717, 1.165) is 17.9 Å². The molecule has 0 spiro atoms. The van der Waals surface area contributed by atoms with E-state index in [2.05, 4.69) is 4.98 Å². The van der Waals surface area contributed by atoms with E-state index in [9.17, 15) is 4.79 Å². The van der Waals surface area contributed by atoms with Gasteiger partial charge < -0.3 is 9.53 Å². The second-order valence-corrected chi connectivity index (χ2v) is 4.54. The summed E-state index contributed by atoms with van der Waals surface area (Å²) in [5.41, 5.74) is 1.19. The van der Waals surface area contributed by atoms with E-state index in [1.807, 2.05) is 49.6 Å². The van der Waals surface area contributed by atoms with Gasteiger partial charge in [-0.25, -0.2) is 4.98 Å². The van der Waals surface area contributed by atoms with Gasteiger partial charge >= 0.3 is 0 Å². The molecule has 1 aromatic carbocycles. The maximum absolute atomic E-state index is 10.9. The third-order valence-corrected chi connectivity index (χ3v) is 3.02. The Morgan fingerprint density at radius 3 is 2.63 bits per heavy atom. The average Bonchev–Trinajstić information content (AvgIpc) is 2.83. The molecule has 1 unspecified atom stereocenters. The lowest BCUT2D eigenvalue weighted by Gasteiger charge is -2.11. The predicted octanol–water partition coefficient (Wildman–Crippen LogP) is 3.31. The number of benzene rings is 1. The van der Waals surface area contributed by atoms with Crippen LogP contribution in [0.15, 0.2) is 30.5 Å². The maximum atomic E-state index is 10.9. The second-order valence-electron chi connectivity index (χ2n) is 4.54. The van der Waals surface area contributed by atoms with Crippen LogP contribution in [0.2, 0.25) is 0 Å². The number of aromatic nitrogens is 2. The van der Waals surface area contributed by atoms with Gasteiger partial charge in [0.25, 0.3) is 0 Å². The molecule has 4 nitrogen and oxygen atoms in total. The Bertz CT molecular complexity index is 558. The highest BCUT2D eigenvalue weighted by Gasteiger charge is 2.15. The predicted molar refractivity (Wildman–Crippen MR) is 73.6 cm³/mol. The molecule has 2 aromatic rings. The van der Waals surface area contributed by atoms with Crippen molar-refractivity contribution in [2.45, 2.75) is 33.2 Å². The molecule has 0 aliphatic rings. The molecule has 100 valence electrons. The van der Waals surface area contributed by atoms with Crippen LogP contribution in [-0.4, -0.2) is 15.8 Å². The van der Waals surface area contributed by atoms with Crippen molar-refractivity contribution in [2.24, 2.45) is 0 Å². The first-order valence-corrected chi connectivity index (χ1v) is 6.41. The van der Waals surface area contributed by atoms with E-state index in [-0.39, 0.29) is 5.92 Å². The minimum absolute atomic E-state index is 0.227. The molecule has 19 heavy (non-hydrogen) atoms. The minimum atomic E-state index is -0.227. The van der Waals surface area contributed by atoms with Crippen molar-refractivity contribution in [1.29, 1.82) is 0 Å². The van der Waals surface area contributed by atoms with E-state index >= 15 is 0 Å². The average molecular weight is 258 g/mol. The Hall–Kier alpha value is -2.10. The summed E-state index contributed by atoms with van der Waals surface area (Å²) in [7, 11) is 0. The topological polar surface area (TPSA) is 44.1 Å².